The van der Waals surface area contributed by atoms with Gasteiger partial charge in [0.05, 0.1) is 23.9 Å². The average Bonchev–Trinajstić information content (AvgIpc) is 3.30. The van der Waals surface area contributed by atoms with Gasteiger partial charge in [-0.25, -0.2) is 0 Å². The molecule has 0 aliphatic carbocycles. The van der Waals surface area contributed by atoms with Gasteiger partial charge in [0.2, 0.25) is 0 Å². The number of Topliss-reactive ketones (excluding diaryl/α,β-unsaturated/α-hetero) is 1. The molecule has 3 aromatic rings. The molecule has 2 aromatic carbocycles. The molecule has 1 aliphatic heterocycles. The number of aliphatic hydroxyl groups is 1. The van der Waals surface area contributed by atoms with Crippen molar-refractivity contribution < 1.29 is 29.0 Å². The fourth-order valence-corrected chi connectivity index (χ4v) is 4.32. The van der Waals surface area contributed by atoms with Gasteiger partial charge in [-0.1, -0.05) is 12.1 Å². The van der Waals surface area contributed by atoms with Crippen LogP contribution in [0.1, 0.15) is 39.8 Å². The third kappa shape index (κ3) is 3.65. The number of hydrogen-bond donors (Lipinski definition) is 2. The Morgan fingerprint density at radius 2 is 1.73 bits per heavy atom. The number of aromatic hydroxyl groups is 1. The number of benzene rings is 2. The topological polar surface area (TPSA) is 100 Å². The standard InChI is InChI=1S/C26H25NO6/c1-13-6-8-19(28)18(12-13)27-22(20-9-7-16(4)33-20)21(24(30)26(27)31)23(29)17-11-14(2)10-15(3)25(17)32-5/h6-12,22,28-29H,1-5H3/b23-21+. The molecule has 1 unspecified atom stereocenters. The minimum absolute atomic E-state index is 0.140. The molecule has 4 rings (SSSR count). The number of phenolic OH excluding ortho intramolecular Hbond substituents is 1. The van der Waals surface area contributed by atoms with Gasteiger partial charge in [-0.05, 0) is 74.7 Å². The molecule has 1 aliphatic rings. The molecular formula is C26H25NO6. The SMILES string of the molecule is COc1c(C)cc(C)cc1/C(O)=C1\C(=O)C(=O)N(c2cc(C)ccc2O)C1c1ccc(C)o1. The van der Waals surface area contributed by atoms with E-state index in [0.29, 0.717) is 17.1 Å². The molecule has 170 valence electrons. The highest BCUT2D eigenvalue weighted by molar-refractivity contribution is 6.51. The number of aliphatic hydroxyl groups excluding tert-OH is 1. The lowest BCUT2D eigenvalue weighted by atomic mass is 9.96. The number of amides is 1. The van der Waals surface area contributed by atoms with Crippen molar-refractivity contribution in [3.05, 3.63) is 81.8 Å². The van der Waals surface area contributed by atoms with E-state index in [1.54, 1.807) is 37.3 Å². The van der Waals surface area contributed by atoms with E-state index < -0.39 is 17.7 Å². The molecule has 1 saturated heterocycles. The molecule has 0 saturated carbocycles. The molecule has 1 aromatic heterocycles. The molecule has 0 radical (unpaired) electrons. The fourth-order valence-electron chi connectivity index (χ4n) is 4.32. The monoisotopic (exact) mass is 447 g/mol. The number of aryl methyl sites for hydroxylation is 4. The lowest BCUT2D eigenvalue weighted by Crippen LogP contribution is -2.29. The summed E-state index contributed by atoms with van der Waals surface area (Å²) < 4.78 is 11.3. The Kier molecular flexibility index (Phi) is 5.49. The number of hydrogen-bond acceptors (Lipinski definition) is 6. The zero-order chi connectivity index (χ0) is 24.0. The van der Waals surface area contributed by atoms with Crippen molar-refractivity contribution in [2.24, 2.45) is 0 Å². The van der Waals surface area contributed by atoms with Gasteiger partial charge in [0.1, 0.15) is 34.8 Å². The van der Waals surface area contributed by atoms with Gasteiger partial charge in [0.15, 0.2) is 0 Å². The van der Waals surface area contributed by atoms with E-state index in [2.05, 4.69) is 0 Å². The van der Waals surface area contributed by atoms with Crippen LogP contribution in [0.5, 0.6) is 11.5 Å². The minimum atomic E-state index is -1.07. The van der Waals surface area contributed by atoms with Crippen molar-refractivity contribution in [3.63, 3.8) is 0 Å². The largest absolute Gasteiger partial charge is 0.507 e. The predicted octanol–water partition coefficient (Wildman–Crippen LogP) is 4.85. The molecule has 2 heterocycles. The fraction of sp³-hybridized carbons (Fsp3) is 0.231. The minimum Gasteiger partial charge on any atom is -0.507 e. The van der Waals surface area contributed by atoms with Crippen LogP contribution in [-0.2, 0) is 9.59 Å². The van der Waals surface area contributed by atoms with Gasteiger partial charge in [0, 0.05) is 0 Å². The Bertz CT molecular complexity index is 1320. The van der Waals surface area contributed by atoms with E-state index in [-0.39, 0.29) is 28.5 Å². The highest BCUT2D eigenvalue weighted by atomic mass is 16.5. The van der Waals surface area contributed by atoms with Crippen LogP contribution in [0, 0.1) is 27.7 Å². The van der Waals surface area contributed by atoms with Gasteiger partial charge >= 0.3 is 0 Å². The Labute approximate surface area is 191 Å². The second kappa shape index (κ2) is 8.16. The maximum atomic E-state index is 13.3. The predicted molar refractivity (Wildman–Crippen MR) is 124 cm³/mol. The smallest absolute Gasteiger partial charge is 0.300 e. The summed E-state index contributed by atoms with van der Waals surface area (Å²) in [6.07, 6.45) is 0. The highest BCUT2D eigenvalue weighted by Gasteiger charge is 2.49. The van der Waals surface area contributed by atoms with Crippen molar-refractivity contribution in [2.75, 3.05) is 12.0 Å². The highest BCUT2D eigenvalue weighted by Crippen LogP contribution is 2.46. The normalized spacial score (nSPS) is 17.6. The van der Waals surface area contributed by atoms with E-state index >= 15 is 0 Å². The first kappa shape index (κ1) is 22.2. The number of ketones is 1. The Hall–Kier alpha value is -4.00. The summed E-state index contributed by atoms with van der Waals surface area (Å²) in [5.41, 5.74) is 2.73. The number of carbonyl (C=O) groups is 2. The van der Waals surface area contributed by atoms with Crippen LogP contribution < -0.4 is 9.64 Å². The zero-order valence-corrected chi connectivity index (χ0v) is 19.1. The van der Waals surface area contributed by atoms with Gasteiger partial charge < -0.3 is 19.4 Å². The first-order valence-corrected chi connectivity index (χ1v) is 10.5. The van der Waals surface area contributed by atoms with Crippen LogP contribution in [0.25, 0.3) is 5.76 Å². The molecule has 7 heteroatoms. The van der Waals surface area contributed by atoms with E-state index in [9.17, 15) is 19.8 Å². The zero-order valence-electron chi connectivity index (χ0n) is 19.1. The number of nitrogens with zero attached hydrogens (tertiary/aromatic N) is 1. The molecule has 33 heavy (non-hydrogen) atoms. The number of methoxy groups -OCH3 is 1. The van der Waals surface area contributed by atoms with Crippen molar-refractivity contribution in [2.45, 2.75) is 33.7 Å². The van der Waals surface area contributed by atoms with E-state index in [4.69, 9.17) is 9.15 Å². The number of phenols is 1. The number of anilines is 1. The van der Waals surface area contributed by atoms with E-state index in [1.165, 1.54) is 18.1 Å². The third-order valence-corrected chi connectivity index (χ3v) is 5.74. The van der Waals surface area contributed by atoms with Crippen molar-refractivity contribution in [1.82, 2.24) is 0 Å². The molecule has 0 spiro atoms. The van der Waals surface area contributed by atoms with Crippen molar-refractivity contribution in [3.8, 4) is 11.5 Å². The Morgan fingerprint density at radius 1 is 1.00 bits per heavy atom. The number of carbonyl (C=O) groups excluding carboxylic acids is 2. The van der Waals surface area contributed by atoms with Crippen LogP contribution >= 0.6 is 0 Å². The molecule has 1 fully saturated rings. The van der Waals surface area contributed by atoms with Crippen LogP contribution in [-0.4, -0.2) is 29.0 Å². The van der Waals surface area contributed by atoms with Gasteiger partial charge in [-0.2, -0.15) is 0 Å². The van der Waals surface area contributed by atoms with Crippen molar-refractivity contribution in [1.29, 1.82) is 0 Å². The Morgan fingerprint density at radius 3 is 2.36 bits per heavy atom. The van der Waals surface area contributed by atoms with Gasteiger partial charge in [0.25, 0.3) is 11.7 Å². The van der Waals surface area contributed by atoms with Crippen LogP contribution in [0.4, 0.5) is 5.69 Å². The summed E-state index contributed by atoms with van der Waals surface area (Å²) in [6.45, 7) is 7.25. The second-order valence-electron chi connectivity index (χ2n) is 8.27. The van der Waals surface area contributed by atoms with Gasteiger partial charge in [-0.3, -0.25) is 14.5 Å². The first-order valence-electron chi connectivity index (χ1n) is 10.5. The summed E-state index contributed by atoms with van der Waals surface area (Å²) in [5, 5.41) is 21.9. The maximum absolute atomic E-state index is 13.3. The molecule has 2 N–H and O–H groups in total. The summed E-state index contributed by atoms with van der Waals surface area (Å²) >= 11 is 0. The summed E-state index contributed by atoms with van der Waals surface area (Å²) in [5.74, 6) is -1.03. The Balaban J connectivity index is 2.03. The van der Waals surface area contributed by atoms with Crippen LogP contribution in [0.3, 0.4) is 0 Å². The summed E-state index contributed by atoms with van der Waals surface area (Å²) in [7, 11) is 1.48. The number of rotatable bonds is 4. The maximum Gasteiger partial charge on any atom is 0.300 e. The molecule has 1 amide bonds. The quantitative estimate of drug-likeness (QED) is 0.337. The third-order valence-electron chi connectivity index (χ3n) is 5.74. The lowest BCUT2D eigenvalue weighted by Gasteiger charge is -2.24. The number of ether oxygens (including phenoxy) is 1. The van der Waals surface area contributed by atoms with Crippen molar-refractivity contribution >= 4 is 23.1 Å². The van der Waals surface area contributed by atoms with E-state index in [1.807, 2.05) is 26.8 Å². The number of furan rings is 1. The molecule has 1 atom stereocenters. The van der Waals surface area contributed by atoms with Crippen LogP contribution in [0.2, 0.25) is 0 Å². The first-order chi connectivity index (χ1) is 15.6. The lowest BCUT2D eigenvalue weighted by molar-refractivity contribution is -0.132. The summed E-state index contributed by atoms with van der Waals surface area (Å²) in [4.78, 5) is 27.7. The van der Waals surface area contributed by atoms with E-state index in [0.717, 1.165) is 16.7 Å². The molecule has 7 nitrogen and oxygen atoms in total. The van der Waals surface area contributed by atoms with Crippen LogP contribution in [0.15, 0.2) is 52.5 Å². The second-order valence-corrected chi connectivity index (χ2v) is 8.27. The molecular weight excluding hydrogens is 422 g/mol. The van der Waals surface area contributed by atoms with Gasteiger partial charge in [-0.15, -0.1) is 0 Å². The molecule has 0 bridgehead atoms. The average molecular weight is 447 g/mol. The summed E-state index contributed by atoms with van der Waals surface area (Å²) in [6, 6.07) is 10.7.